The Kier molecular flexibility index (Phi) is 6.01. The number of nitrogens with zero attached hydrogens (tertiary/aromatic N) is 3. The molecule has 1 atom stereocenters. The van der Waals surface area contributed by atoms with Crippen molar-refractivity contribution in [3.8, 4) is 11.3 Å². The molecule has 8 nitrogen and oxygen atoms in total. The molecule has 0 saturated carbocycles. The lowest BCUT2D eigenvalue weighted by Crippen LogP contribution is -2.35. The zero-order valence-corrected chi connectivity index (χ0v) is 16.1. The maximum Gasteiger partial charge on any atom is 0.492 e. The van der Waals surface area contributed by atoms with E-state index in [1.807, 2.05) is 0 Å². The third kappa shape index (κ3) is 4.56. The van der Waals surface area contributed by atoms with Gasteiger partial charge in [-0.1, -0.05) is 40.9 Å². The number of hydroxylamine groups is 1. The van der Waals surface area contributed by atoms with Crippen LogP contribution in [0.1, 0.15) is 5.56 Å². The van der Waals surface area contributed by atoms with Crippen molar-refractivity contribution in [2.24, 2.45) is 7.05 Å². The molecule has 3 aromatic rings. The standard InChI is InChI=1S/C18H14F3N3O5S/c1-23-16(25)14-8-3-2-7-13(14)15(22-23)12-6-4-5-11(9-12)10-24(30(27)28)29-17(26)18(19,20)21/h2-9H,10H2,1H3,(H,27,28)/p-1. The van der Waals surface area contributed by atoms with Crippen LogP contribution in [0.5, 0.6) is 0 Å². The fourth-order valence-corrected chi connectivity index (χ4v) is 3.12. The van der Waals surface area contributed by atoms with Crippen LogP contribution < -0.4 is 5.56 Å². The summed E-state index contributed by atoms with van der Waals surface area (Å²) in [5, 5.41) is 5.20. The second-order valence-electron chi connectivity index (χ2n) is 6.11. The number of aryl methyl sites for hydroxylation is 1. The molecule has 1 aromatic heterocycles. The molecule has 0 bridgehead atoms. The van der Waals surface area contributed by atoms with E-state index < -0.39 is 30.0 Å². The van der Waals surface area contributed by atoms with Crippen molar-refractivity contribution in [2.75, 3.05) is 0 Å². The van der Waals surface area contributed by atoms with Crippen LogP contribution in [-0.4, -0.2) is 35.2 Å². The Labute approximate surface area is 169 Å². The van der Waals surface area contributed by atoms with Gasteiger partial charge in [0.05, 0.1) is 28.9 Å². The number of benzene rings is 2. The van der Waals surface area contributed by atoms with E-state index in [0.717, 1.165) is 4.68 Å². The first kappa shape index (κ1) is 21.6. The zero-order chi connectivity index (χ0) is 22.1. The van der Waals surface area contributed by atoms with E-state index >= 15 is 0 Å². The molecule has 0 spiro atoms. The molecular formula is C18H13F3N3O5S-. The molecule has 0 saturated heterocycles. The second-order valence-corrected chi connectivity index (χ2v) is 6.95. The van der Waals surface area contributed by atoms with Crippen LogP contribution >= 0.6 is 0 Å². The number of fused-ring (bicyclic) bond motifs is 1. The molecule has 0 radical (unpaired) electrons. The van der Waals surface area contributed by atoms with Gasteiger partial charge in [0.1, 0.15) is 0 Å². The van der Waals surface area contributed by atoms with Crippen molar-refractivity contribution in [3.05, 3.63) is 64.4 Å². The Morgan fingerprint density at radius 1 is 1.20 bits per heavy atom. The minimum absolute atomic E-state index is 0.110. The molecule has 0 aliphatic rings. The average molecular weight is 440 g/mol. The van der Waals surface area contributed by atoms with Crippen molar-refractivity contribution in [2.45, 2.75) is 12.7 Å². The highest BCUT2D eigenvalue weighted by Gasteiger charge is 2.42. The maximum atomic E-state index is 12.4. The van der Waals surface area contributed by atoms with E-state index in [0.29, 0.717) is 22.0 Å². The van der Waals surface area contributed by atoms with Crippen LogP contribution in [0.4, 0.5) is 13.2 Å². The van der Waals surface area contributed by atoms with Crippen LogP contribution in [0.25, 0.3) is 22.0 Å². The van der Waals surface area contributed by atoms with Crippen LogP contribution in [-0.2, 0) is 34.5 Å². The summed E-state index contributed by atoms with van der Waals surface area (Å²) in [6.07, 6.45) is -5.35. The van der Waals surface area contributed by atoms with Gasteiger partial charge in [-0.2, -0.15) is 18.3 Å². The highest BCUT2D eigenvalue weighted by molar-refractivity contribution is 7.76. The minimum atomic E-state index is -5.35. The molecule has 0 aliphatic carbocycles. The van der Waals surface area contributed by atoms with E-state index in [-0.39, 0.29) is 15.6 Å². The first-order valence-corrected chi connectivity index (χ1v) is 9.32. The largest absolute Gasteiger partial charge is 0.757 e. The van der Waals surface area contributed by atoms with Crippen molar-refractivity contribution < 1.29 is 31.6 Å². The van der Waals surface area contributed by atoms with Gasteiger partial charge in [0.25, 0.3) is 5.56 Å². The summed E-state index contributed by atoms with van der Waals surface area (Å²) >= 11 is -3.26. The average Bonchev–Trinajstić information content (AvgIpc) is 2.69. The van der Waals surface area contributed by atoms with E-state index in [4.69, 9.17) is 0 Å². The van der Waals surface area contributed by atoms with E-state index in [2.05, 4.69) is 9.94 Å². The predicted octanol–water partition coefficient (Wildman–Crippen LogP) is 2.22. The third-order valence-electron chi connectivity index (χ3n) is 4.05. The molecule has 1 unspecified atom stereocenters. The fourth-order valence-electron chi connectivity index (χ4n) is 2.74. The summed E-state index contributed by atoms with van der Waals surface area (Å²) in [7, 11) is 1.47. The van der Waals surface area contributed by atoms with Crippen LogP contribution in [0.2, 0.25) is 0 Å². The number of carbonyl (C=O) groups excluding carboxylic acids is 1. The summed E-state index contributed by atoms with van der Waals surface area (Å²) < 4.78 is 60.6. The molecule has 2 aromatic carbocycles. The van der Waals surface area contributed by atoms with Gasteiger partial charge < -0.3 is 9.39 Å². The number of aromatic nitrogens is 2. The number of alkyl halides is 3. The highest BCUT2D eigenvalue weighted by Crippen LogP contribution is 2.26. The SMILES string of the molecule is Cn1nc(-c2cccc(CN(OC(=O)C(F)(F)F)S(=O)[O-])c2)c2ccccc2c1=O. The lowest BCUT2D eigenvalue weighted by molar-refractivity contribution is -0.224. The third-order valence-corrected chi connectivity index (χ3v) is 4.59. The maximum absolute atomic E-state index is 12.4. The molecule has 12 heteroatoms. The van der Waals surface area contributed by atoms with Crippen molar-refractivity contribution in [3.63, 3.8) is 0 Å². The molecule has 0 fully saturated rings. The number of hydrogen-bond acceptors (Lipinski definition) is 6. The topological polar surface area (TPSA) is 105 Å². The molecular weight excluding hydrogens is 427 g/mol. The van der Waals surface area contributed by atoms with Crippen LogP contribution in [0.15, 0.2) is 53.3 Å². The lowest BCUT2D eigenvalue weighted by atomic mass is 10.0. The van der Waals surface area contributed by atoms with Gasteiger partial charge in [-0.05, 0) is 17.7 Å². The van der Waals surface area contributed by atoms with Crippen LogP contribution in [0.3, 0.4) is 0 Å². The minimum Gasteiger partial charge on any atom is -0.757 e. The molecule has 3 rings (SSSR count). The number of rotatable bonds is 5. The molecule has 1 heterocycles. The van der Waals surface area contributed by atoms with Gasteiger partial charge in [-0.3, -0.25) is 9.00 Å². The Morgan fingerprint density at radius 2 is 1.87 bits per heavy atom. The van der Waals surface area contributed by atoms with Crippen molar-refractivity contribution in [1.82, 2.24) is 14.2 Å². The van der Waals surface area contributed by atoms with E-state index in [1.54, 1.807) is 30.3 Å². The first-order chi connectivity index (χ1) is 14.1. The molecule has 0 aliphatic heterocycles. The predicted molar refractivity (Wildman–Crippen MR) is 99.0 cm³/mol. The summed E-state index contributed by atoms with van der Waals surface area (Å²) in [6, 6.07) is 12.8. The summed E-state index contributed by atoms with van der Waals surface area (Å²) in [5.74, 6) is -2.66. The highest BCUT2D eigenvalue weighted by atomic mass is 32.2. The Morgan fingerprint density at radius 3 is 2.50 bits per heavy atom. The van der Waals surface area contributed by atoms with Gasteiger partial charge in [0.2, 0.25) is 0 Å². The lowest BCUT2D eigenvalue weighted by Gasteiger charge is -2.23. The van der Waals surface area contributed by atoms with Crippen LogP contribution in [0, 0.1) is 0 Å². The van der Waals surface area contributed by atoms with Gasteiger partial charge in [-0.25, -0.2) is 9.48 Å². The fraction of sp³-hybridized carbons (Fsp3) is 0.167. The zero-order valence-electron chi connectivity index (χ0n) is 15.3. The summed E-state index contributed by atoms with van der Waals surface area (Å²) in [4.78, 5) is 27.2. The quantitative estimate of drug-likeness (QED) is 0.445. The Bertz CT molecular complexity index is 1200. The molecule has 0 amide bonds. The van der Waals surface area contributed by atoms with Gasteiger partial charge in [0, 0.05) is 18.0 Å². The van der Waals surface area contributed by atoms with E-state index in [1.165, 1.54) is 25.2 Å². The number of halogens is 3. The smallest absolute Gasteiger partial charge is 0.492 e. The van der Waals surface area contributed by atoms with Gasteiger partial charge in [-0.15, -0.1) is 0 Å². The summed E-state index contributed by atoms with van der Waals surface area (Å²) in [5.41, 5.74) is 0.818. The number of carbonyl (C=O) groups is 1. The van der Waals surface area contributed by atoms with Crippen molar-refractivity contribution in [1.29, 1.82) is 0 Å². The van der Waals surface area contributed by atoms with Gasteiger partial charge in [0.15, 0.2) is 0 Å². The monoisotopic (exact) mass is 440 g/mol. The second kappa shape index (κ2) is 8.34. The normalized spacial score (nSPS) is 12.9. The molecule has 0 N–H and O–H groups in total. The first-order valence-electron chi connectivity index (χ1n) is 8.29. The number of hydrogen-bond donors (Lipinski definition) is 0. The molecule has 30 heavy (non-hydrogen) atoms. The van der Waals surface area contributed by atoms with Gasteiger partial charge >= 0.3 is 12.1 Å². The Balaban J connectivity index is 1.98. The summed E-state index contributed by atoms with van der Waals surface area (Å²) in [6.45, 7) is -0.657. The molecule has 158 valence electrons. The Hall–Kier alpha value is -3.09. The van der Waals surface area contributed by atoms with E-state index in [9.17, 15) is 31.5 Å². The van der Waals surface area contributed by atoms with Crippen molar-refractivity contribution >= 4 is 28.0 Å².